The van der Waals surface area contributed by atoms with Crippen molar-refractivity contribution in [1.82, 2.24) is 5.32 Å². The van der Waals surface area contributed by atoms with Crippen molar-refractivity contribution < 1.29 is 9.59 Å². The van der Waals surface area contributed by atoms with Gasteiger partial charge in [-0.1, -0.05) is 23.8 Å². The number of benzene rings is 2. The number of amides is 2. The molecule has 1 aliphatic rings. The number of nitrogens with one attached hydrogen (secondary N) is 3. The van der Waals surface area contributed by atoms with E-state index in [0.29, 0.717) is 17.3 Å². The second-order valence-electron chi connectivity index (χ2n) is 6.55. The van der Waals surface area contributed by atoms with E-state index in [2.05, 4.69) is 22.0 Å². The molecule has 3 N–H and O–H groups in total. The van der Waals surface area contributed by atoms with Crippen LogP contribution in [0.4, 0.5) is 11.4 Å². The van der Waals surface area contributed by atoms with E-state index in [1.165, 1.54) is 5.56 Å². The molecule has 5 heteroatoms. The molecule has 0 aliphatic heterocycles. The lowest BCUT2D eigenvalue weighted by Crippen LogP contribution is -2.26. The number of rotatable bonds is 6. The summed E-state index contributed by atoms with van der Waals surface area (Å²) in [4.78, 5) is 24.2. The first kappa shape index (κ1) is 17.0. The zero-order chi connectivity index (χ0) is 17.8. The van der Waals surface area contributed by atoms with Gasteiger partial charge in [-0.25, -0.2) is 0 Å². The third-order valence-electron chi connectivity index (χ3n) is 4.14. The van der Waals surface area contributed by atoms with E-state index >= 15 is 0 Å². The molecule has 0 atom stereocenters. The van der Waals surface area contributed by atoms with Crippen LogP contribution < -0.4 is 16.0 Å². The van der Waals surface area contributed by atoms with Gasteiger partial charge in [0.2, 0.25) is 5.91 Å². The Balaban J connectivity index is 1.56. The minimum absolute atomic E-state index is 0.0907. The van der Waals surface area contributed by atoms with Crippen LogP contribution in [0, 0.1) is 13.8 Å². The highest BCUT2D eigenvalue weighted by Crippen LogP contribution is 2.20. The Hall–Kier alpha value is -2.82. The van der Waals surface area contributed by atoms with Gasteiger partial charge >= 0.3 is 0 Å². The molecule has 1 fully saturated rings. The molecule has 0 spiro atoms. The summed E-state index contributed by atoms with van der Waals surface area (Å²) in [7, 11) is 0. The summed E-state index contributed by atoms with van der Waals surface area (Å²) in [6, 6.07) is 13.4. The van der Waals surface area contributed by atoms with Gasteiger partial charge in [0, 0.05) is 23.0 Å². The fraction of sp³-hybridized carbons (Fsp3) is 0.300. The number of carbonyl (C=O) groups excluding carboxylic acids is 2. The summed E-state index contributed by atoms with van der Waals surface area (Å²) in [5.41, 5.74) is 4.42. The molecule has 0 heterocycles. The predicted molar refractivity (Wildman–Crippen MR) is 100.0 cm³/mol. The van der Waals surface area contributed by atoms with Gasteiger partial charge in [-0.2, -0.15) is 0 Å². The van der Waals surface area contributed by atoms with Crippen LogP contribution in [0.25, 0.3) is 0 Å². The first-order valence-electron chi connectivity index (χ1n) is 8.53. The van der Waals surface area contributed by atoms with Crippen LogP contribution >= 0.6 is 0 Å². The summed E-state index contributed by atoms with van der Waals surface area (Å²) >= 11 is 0. The van der Waals surface area contributed by atoms with Gasteiger partial charge in [0.05, 0.1) is 6.54 Å². The maximum Gasteiger partial charge on any atom is 0.251 e. The molecule has 0 radical (unpaired) electrons. The van der Waals surface area contributed by atoms with Gasteiger partial charge in [0.15, 0.2) is 0 Å². The van der Waals surface area contributed by atoms with Crippen LogP contribution in [0.2, 0.25) is 0 Å². The molecular formula is C20H23N3O2. The normalized spacial score (nSPS) is 13.2. The minimum Gasteiger partial charge on any atom is -0.376 e. The minimum atomic E-state index is -0.153. The molecule has 2 aromatic rings. The van der Waals surface area contributed by atoms with E-state index in [-0.39, 0.29) is 18.4 Å². The Morgan fingerprint density at radius 2 is 1.88 bits per heavy atom. The van der Waals surface area contributed by atoms with Crippen LogP contribution in [0.15, 0.2) is 42.5 Å². The third-order valence-corrected chi connectivity index (χ3v) is 4.14. The van der Waals surface area contributed by atoms with Gasteiger partial charge in [-0.3, -0.25) is 9.59 Å². The lowest BCUT2D eigenvalue weighted by molar-refractivity contribution is -0.114. The maximum absolute atomic E-state index is 12.2. The van der Waals surface area contributed by atoms with Crippen LogP contribution in [-0.4, -0.2) is 24.4 Å². The van der Waals surface area contributed by atoms with Gasteiger partial charge < -0.3 is 16.0 Å². The fourth-order valence-corrected chi connectivity index (χ4v) is 2.63. The highest BCUT2D eigenvalue weighted by atomic mass is 16.2. The average molecular weight is 337 g/mol. The van der Waals surface area contributed by atoms with Gasteiger partial charge in [-0.15, -0.1) is 0 Å². The molecule has 1 aliphatic carbocycles. The predicted octanol–water partition coefficient (Wildman–Crippen LogP) is 3.25. The van der Waals surface area contributed by atoms with Crippen LogP contribution in [-0.2, 0) is 4.79 Å². The van der Waals surface area contributed by atoms with Crippen molar-refractivity contribution in [2.45, 2.75) is 32.7 Å². The van der Waals surface area contributed by atoms with Crippen molar-refractivity contribution in [2.24, 2.45) is 0 Å². The van der Waals surface area contributed by atoms with Gasteiger partial charge in [0.1, 0.15) is 0 Å². The van der Waals surface area contributed by atoms with E-state index < -0.39 is 0 Å². The van der Waals surface area contributed by atoms with Gasteiger partial charge in [-0.05, 0) is 56.5 Å². The number of anilines is 2. The van der Waals surface area contributed by atoms with Crippen LogP contribution in [0.1, 0.15) is 34.3 Å². The molecule has 2 amide bonds. The summed E-state index contributed by atoms with van der Waals surface area (Å²) in [6.07, 6.45) is 2.10. The maximum atomic E-state index is 12.2. The Labute approximate surface area is 147 Å². The lowest BCUT2D eigenvalue weighted by atomic mass is 10.1. The van der Waals surface area contributed by atoms with Crippen molar-refractivity contribution in [2.75, 3.05) is 17.2 Å². The van der Waals surface area contributed by atoms with Crippen molar-refractivity contribution >= 4 is 23.2 Å². The van der Waals surface area contributed by atoms with Crippen LogP contribution in [0.3, 0.4) is 0 Å². The SMILES string of the molecule is Cc1ccc(NCC(=O)Nc2cccc(C(=O)NC3CC3)c2)c(C)c1. The summed E-state index contributed by atoms with van der Waals surface area (Å²) in [5.74, 6) is -0.244. The summed E-state index contributed by atoms with van der Waals surface area (Å²) < 4.78 is 0. The first-order chi connectivity index (χ1) is 12.0. The third kappa shape index (κ3) is 4.83. The van der Waals surface area contributed by atoms with E-state index in [4.69, 9.17) is 0 Å². The second kappa shape index (κ2) is 7.38. The molecule has 0 bridgehead atoms. The van der Waals surface area contributed by atoms with E-state index in [1.807, 2.05) is 26.0 Å². The van der Waals surface area contributed by atoms with E-state index in [0.717, 1.165) is 24.1 Å². The number of hydrogen-bond donors (Lipinski definition) is 3. The molecule has 5 nitrogen and oxygen atoms in total. The zero-order valence-corrected chi connectivity index (χ0v) is 14.6. The highest BCUT2D eigenvalue weighted by Gasteiger charge is 2.23. The zero-order valence-electron chi connectivity index (χ0n) is 14.6. The Bertz CT molecular complexity index is 797. The van der Waals surface area contributed by atoms with E-state index in [1.54, 1.807) is 24.3 Å². The van der Waals surface area contributed by atoms with Crippen molar-refractivity contribution in [3.8, 4) is 0 Å². The second-order valence-corrected chi connectivity index (χ2v) is 6.55. The van der Waals surface area contributed by atoms with Crippen molar-refractivity contribution in [1.29, 1.82) is 0 Å². The summed E-state index contributed by atoms with van der Waals surface area (Å²) in [6.45, 7) is 4.22. The molecule has 0 saturated heterocycles. The monoisotopic (exact) mass is 337 g/mol. The lowest BCUT2D eigenvalue weighted by Gasteiger charge is -2.11. The molecular weight excluding hydrogens is 314 g/mol. The molecule has 25 heavy (non-hydrogen) atoms. The topological polar surface area (TPSA) is 70.2 Å². The quantitative estimate of drug-likeness (QED) is 0.758. The number of hydrogen-bond acceptors (Lipinski definition) is 3. The summed E-state index contributed by atoms with van der Waals surface area (Å²) in [5, 5.41) is 8.91. The average Bonchev–Trinajstić information content (AvgIpc) is 3.38. The Morgan fingerprint density at radius 3 is 2.60 bits per heavy atom. The van der Waals surface area contributed by atoms with Crippen LogP contribution in [0.5, 0.6) is 0 Å². The standard InChI is InChI=1S/C20H23N3O2/c1-13-6-9-18(14(2)10-13)21-12-19(24)22-17-5-3-4-15(11-17)20(25)23-16-7-8-16/h3-6,9-11,16,21H,7-8,12H2,1-2H3,(H,22,24)(H,23,25). The van der Waals surface area contributed by atoms with Crippen molar-refractivity contribution in [3.05, 3.63) is 59.2 Å². The van der Waals surface area contributed by atoms with E-state index in [9.17, 15) is 9.59 Å². The van der Waals surface area contributed by atoms with Crippen molar-refractivity contribution in [3.63, 3.8) is 0 Å². The Morgan fingerprint density at radius 1 is 1.08 bits per heavy atom. The van der Waals surface area contributed by atoms with Gasteiger partial charge in [0.25, 0.3) is 5.91 Å². The highest BCUT2D eigenvalue weighted by molar-refractivity contribution is 5.98. The Kier molecular flexibility index (Phi) is 5.03. The molecule has 1 saturated carbocycles. The molecule has 2 aromatic carbocycles. The fourth-order valence-electron chi connectivity index (χ4n) is 2.63. The smallest absolute Gasteiger partial charge is 0.251 e. The first-order valence-corrected chi connectivity index (χ1v) is 8.53. The number of aryl methyl sites for hydroxylation is 2. The molecule has 0 aromatic heterocycles. The molecule has 0 unspecified atom stereocenters. The number of carbonyl (C=O) groups is 2. The molecule has 3 rings (SSSR count). The largest absolute Gasteiger partial charge is 0.376 e. The molecule has 130 valence electrons.